The van der Waals surface area contributed by atoms with Gasteiger partial charge in [-0.15, -0.1) is 16.4 Å². The quantitative estimate of drug-likeness (QED) is 0.488. The molecule has 0 aliphatic carbocycles. The Morgan fingerprint density at radius 1 is 1.36 bits per heavy atom. The topological polar surface area (TPSA) is 55.9 Å². The molecule has 22 heavy (non-hydrogen) atoms. The van der Waals surface area contributed by atoms with Gasteiger partial charge in [-0.2, -0.15) is 5.10 Å². The van der Waals surface area contributed by atoms with Gasteiger partial charge in [-0.25, -0.2) is 4.79 Å². The highest BCUT2D eigenvalue weighted by atomic mass is 35.5. The molecule has 0 bridgehead atoms. The molecule has 0 amide bonds. The molecule has 0 aliphatic rings. The summed E-state index contributed by atoms with van der Waals surface area (Å²) >= 11 is 7.20. The van der Waals surface area contributed by atoms with Crippen molar-refractivity contribution in [3.05, 3.63) is 50.7 Å². The molecule has 0 fully saturated rings. The van der Waals surface area contributed by atoms with Crippen LogP contribution in [-0.4, -0.2) is 22.9 Å². The van der Waals surface area contributed by atoms with Gasteiger partial charge in [0.25, 0.3) is 0 Å². The first-order chi connectivity index (χ1) is 10.5. The number of nitrogens with zero attached hydrogens (tertiary/aromatic N) is 3. The normalized spacial score (nSPS) is 12.5. The van der Waals surface area contributed by atoms with Gasteiger partial charge < -0.3 is 9.30 Å². The predicted octanol–water partition coefficient (Wildman–Crippen LogP) is 3.24. The van der Waals surface area contributed by atoms with Crippen molar-refractivity contribution in [2.45, 2.75) is 13.8 Å². The third kappa shape index (κ3) is 3.84. The standard InChI is InChI=1S/C15H16ClN3O2S/c1-4-21-14(20)13-9-22-15(19(13)3)18-17-10(2)11-5-7-12(16)8-6-11/h5-9H,4H2,1-3H3/b17-10+,18-15+. The summed E-state index contributed by atoms with van der Waals surface area (Å²) in [5.74, 6) is -0.360. The van der Waals surface area contributed by atoms with E-state index in [2.05, 4.69) is 10.2 Å². The fourth-order valence-electron chi connectivity index (χ4n) is 1.72. The summed E-state index contributed by atoms with van der Waals surface area (Å²) in [5.41, 5.74) is 2.17. The van der Waals surface area contributed by atoms with Gasteiger partial charge in [0.15, 0.2) is 0 Å². The maximum atomic E-state index is 11.7. The third-order valence-corrected chi connectivity index (χ3v) is 4.12. The molecule has 0 atom stereocenters. The summed E-state index contributed by atoms with van der Waals surface area (Å²) in [7, 11) is 1.76. The number of benzene rings is 1. The second-order valence-electron chi connectivity index (χ2n) is 4.48. The van der Waals surface area contributed by atoms with Gasteiger partial charge >= 0.3 is 5.97 Å². The molecule has 0 radical (unpaired) electrons. The van der Waals surface area contributed by atoms with Crippen molar-refractivity contribution in [2.24, 2.45) is 17.3 Å². The Morgan fingerprint density at radius 2 is 2.05 bits per heavy atom. The second-order valence-corrected chi connectivity index (χ2v) is 5.75. The fraction of sp³-hybridized carbons (Fsp3) is 0.267. The van der Waals surface area contributed by atoms with Crippen LogP contribution in [0.1, 0.15) is 29.9 Å². The number of hydrogen-bond donors (Lipinski definition) is 0. The number of ether oxygens (including phenoxy) is 1. The maximum Gasteiger partial charge on any atom is 0.355 e. The zero-order chi connectivity index (χ0) is 16.1. The maximum absolute atomic E-state index is 11.7. The van der Waals surface area contributed by atoms with Gasteiger partial charge in [0.05, 0.1) is 12.3 Å². The molecule has 7 heteroatoms. The molecule has 116 valence electrons. The number of esters is 1. The van der Waals surface area contributed by atoms with Crippen LogP contribution in [0.4, 0.5) is 0 Å². The van der Waals surface area contributed by atoms with Crippen LogP contribution in [0.25, 0.3) is 0 Å². The summed E-state index contributed by atoms with van der Waals surface area (Å²) < 4.78 is 6.65. The minimum absolute atomic E-state index is 0.342. The predicted molar refractivity (Wildman–Crippen MR) is 88.5 cm³/mol. The van der Waals surface area contributed by atoms with Crippen LogP contribution >= 0.6 is 22.9 Å². The number of thiazole rings is 1. The van der Waals surface area contributed by atoms with E-state index in [4.69, 9.17) is 16.3 Å². The first-order valence-corrected chi connectivity index (χ1v) is 7.94. The van der Waals surface area contributed by atoms with Crippen molar-refractivity contribution in [3.8, 4) is 0 Å². The molecule has 0 aliphatic heterocycles. The highest BCUT2D eigenvalue weighted by Gasteiger charge is 2.11. The monoisotopic (exact) mass is 337 g/mol. The lowest BCUT2D eigenvalue weighted by Crippen LogP contribution is -2.17. The number of carbonyl (C=O) groups excluding carboxylic acids is 1. The molecule has 0 unspecified atom stereocenters. The van der Waals surface area contributed by atoms with Gasteiger partial charge in [-0.3, -0.25) is 0 Å². The zero-order valence-corrected chi connectivity index (χ0v) is 14.1. The first-order valence-electron chi connectivity index (χ1n) is 6.68. The van der Waals surface area contributed by atoms with Crippen molar-refractivity contribution < 1.29 is 9.53 Å². The molecular formula is C15H16ClN3O2S. The SMILES string of the molecule is CCOC(=O)c1cs/c(=N/N=C(\C)c2ccc(Cl)cc2)n1C. The molecule has 0 spiro atoms. The number of halogens is 1. The molecule has 1 aromatic carbocycles. The smallest absolute Gasteiger partial charge is 0.355 e. The Bertz CT molecular complexity index is 760. The fourth-order valence-corrected chi connectivity index (χ4v) is 2.66. The Morgan fingerprint density at radius 3 is 2.68 bits per heavy atom. The van der Waals surface area contributed by atoms with Gasteiger partial charge in [0, 0.05) is 17.5 Å². The minimum atomic E-state index is -0.360. The van der Waals surface area contributed by atoms with Crippen molar-refractivity contribution >= 4 is 34.6 Å². The van der Waals surface area contributed by atoms with Gasteiger partial charge in [0.1, 0.15) is 5.69 Å². The molecule has 2 rings (SSSR count). The summed E-state index contributed by atoms with van der Waals surface area (Å²) in [5, 5.41) is 10.8. The summed E-state index contributed by atoms with van der Waals surface area (Å²) in [4.78, 5) is 12.4. The van der Waals surface area contributed by atoms with E-state index < -0.39 is 0 Å². The average Bonchev–Trinajstić information content (AvgIpc) is 2.87. The van der Waals surface area contributed by atoms with Crippen LogP contribution in [0, 0.1) is 0 Å². The van der Waals surface area contributed by atoms with E-state index in [0.29, 0.717) is 22.1 Å². The molecule has 1 heterocycles. The molecule has 0 saturated heterocycles. The van der Waals surface area contributed by atoms with E-state index in [-0.39, 0.29) is 5.97 Å². The number of rotatable bonds is 4. The van der Waals surface area contributed by atoms with Crippen LogP contribution in [0.3, 0.4) is 0 Å². The van der Waals surface area contributed by atoms with E-state index in [1.165, 1.54) is 11.3 Å². The minimum Gasteiger partial charge on any atom is -0.461 e. The Labute approximate surface area is 137 Å². The number of carbonyl (C=O) groups is 1. The van der Waals surface area contributed by atoms with Crippen LogP contribution in [0.2, 0.25) is 5.02 Å². The van der Waals surface area contributed by atoms with E-state index >= 15 is 0 Å². The molecule has 0 N–H and O–H groups in total. The number of hydrogen-bond acceptors (Lipinski definition) is 5. The van der Waals surface area contributed by atoms with Crippen molar-refractivity contribution in [1.29, 1.82) is 0 Å². The Hall–Kier alpha value is -1.92. The third-order valence-electron chi connectivity index (χ3n) is 2.96. The van der Waals surface area contributed by atoms with Crippen LogP contribution in [0.15, 0.2) is 39.8 Å². The molecule has 5 nitrogen and oxygen atoms in total. The molecule has 0 saturated carbocycles. The van der Waals surface area contributed by atoms with Crippen molar-refractivity contribution in [3.63, 3.8) is 0 Å². The highest BCUT2D eigenvalue weighted by Crippen LogP contribution is 2.10. The van der Waals surface area contributed by atoms with E-state index in [9.17, 15) is 4.79 Å². The van der Waals surface area contributed by atoms with Crippen LogP contribution < -0.4 is 4.80 Å². The Balaban J connectivity index is 2.28. The van der Waals surface area contributed by atoms with E-state index in [0.717, 1.165) is 11.3 Å². The lowest BCUT2D eigenvalue weighted by atomic mass is 10.1. The van der Waals surface area contributed by atoms with Crippen molar-refractivity contribution in [1.82, 2.24) is 4.57 Å². The Kier molecular flexibility index (Phi) is 5.51. The van der Waals surface area contributed by atoms with E-state index in [1.807, 2.05) is 19.1 Å². The molecule has 1 aromatic heterocycles. The lowest BCUT2D eigenvalue weighted by Gasteiger charge is -2.01. The lowest BCUT2D eigenvalue weighted by molar-refractivity contribution is 0.0515. The van der Waals surface area contributed by atoms with E-state index in [1.54, 1.807) is 36.1 Å². The van der Waals surface area contributed by atoms with Gasteiger partial charge in [-0.05, 0) is 31.5 Å². The molecular weight excluding hydrogens is 322 g/mol. The second kappa shape index (κ2) is 7.38. The summed E-state index contributed by atoms with van der Waals surface area (Å²) in [6.45, 7) is 3.98. The van der Waals surface area contributed by atoms with Crippen molar-refractivity contribution in [2.75, 3.05) is 6.61 Å². The zero-order valence-electron chi connectivity index (χ0n) is 12.5. The van der Waals surface area contributed by atoms with Gasteiger partial charge in [-0.1, -0.05) is 23.7 Å². The average molecular weight is 338 g/mol. The van der Waals surface area contributed by atoms with Gasteiger partial charge in [0.2, 0.25) is 4.80 Å². The largest absolute Gasteiger partial charge is 0.461 e. The van der Waals surface area contributed by atoms with Crippen LogP contribution in [-0.2, 0) is 11.8 Å². The summed E-state index contributed by atoms with van der Waals surface area (Å²) in [6.07, 6.45) is 0. The first kappa shape index (κ1) is 16.5. The molecule has 2 aromatic rings. The van der Waals surface area contributed by atoms with Crippen LogP contribution in [0.5, 0.6) is 0 Å². The number of aromatic nitrogens is 1. The highest BCUT2D eigenvalue weighted by molar-refractivity contribution is 7.07. The summed E-state index contributed by atoms with van der Waals surface area (Å²) in [6, 6.07) is 7.38.